The van der Waals surface area contributed by atoms with Crippen LogP contribution in [0.15, 0.2) is 41.3 Å². The Morgan fingerprint density at radius 1 is 1.09 bits per heavy atom. The highest BCUT2D eigenvalue weighted by atomic mass is 32.2. The zero-order valence-corrected chi connectivity index (χ0v) is 11.5. The number of hydrogen-bond acceptors (Lipinski definition) is 5. The minimum Gasteiger partial charge on any atom is -0.502 e. The quantitative estimate of drug-likeness (QED) is 0.661. The molecular formula is C12H8F2N2O5S. The van der Waals surface area contributed by atoms with Crippen molar-refractivity contribution in [2.24, 2.45) is 0 Å². The molecule has 0 fully saturated rings. The Balaban J connectivity index is 2.42. The summed E-state index contributed by atoms with van der Waals surface area (Å²) < 4.78 is 52.1. The van der Waals surface area contributed by atoms with Crippen molar-refractivity contribution in [2.45, 2.75) is 4.90 Å². The summed E-state index contributed by atoms with van der Waals surface area (Å²) in [5, 5.41) is 20.0. The van der Waals surface area contributed by atoms with Crippen molar-refractivity contribution < 1.29 is 27.2 Å². The van der Waals surface area contributed by atoms with Crippen LogP contribution in [0.3, 0.4) is 0 Å². The van der Waals surface area contributed by atoms with Crippen molar-refractivity contribution in [1.29, 1.82) is 0 Å². The molecule has 0 aliphatic carbocycles. The van der Waals surface area contributed by atoms with Crippen LogP contribution in [0.2, 0.25) is 0 Å². The first kappa shape index (κ1) is 15.6. The standard InChI is InChI=1S/C12H8F2N2O5S/c13-7-3-8(14)5-9(4-7)15-22(20,21)10-1-2-12(17)11(6-10)16(18)19/h1-6,15,17H. The zero-order chi connectivity index (χ0) is 16.5. The molecule has 0 aliphatic heterocycles. The Kier molecular flexibility index (Phi) is 3.95. The average molecular weight is 330 g/mol. The van der Waals surface area contributed by atoms with E-state index in [-0.39, 0.29) is 5.69 Å². The molecule has 0 bridgehead atoms. The van der Waals surface area contributed by atoms with Crippen molar-refractivity contribution >= 4 is 21.4 Å². The second kappa shape index (κ2) is 5.56. The molecule has 2 rings (SSSR count). The number of rotatable bonds is 4. The molecule has 0 radical (unpaired) electrons. The maximum Gasteiger partial charge on any atom is 0.312 e. The van der Waals surface area contributed by atoms with Crippen LogP contribution < -0.4 is 4.72 Å². The molecule has 7 nitrogen and oxygen atoms in total. The lowest BCUT2D eigenvalue weighted by Crippen LogP contribution is -2.13. The van der Waals surface area contributed by atoms with Crippen LogP contribution >= 0.6 is 0 Å². The van der Waals surface area contributed by atoms with Gasteiger partial charge in [-0.25, -0.2) is 17.2 Å². The predicted molar refractivity (Wildman–Crippen MR) is 71.9 cm³/mol. The summed E-state index contributed by atoms with van der Waals surface area (Å²) in [5.41, 5.74) is -1.19. The Labute approximate surface area is 123 Å². The fourth-order valence-corrected chi connectivity index (χ4v) is 2.70. The number of phenols is 1. The molecule has 0 atom stereocenters. The van der Waals surface area contributed by atoms with Crippen LogP contribution in [0, 0.1) is 21.7 Å². The summed E-state index contributed by atoms with van der Waals surface area (Å²) in [5.74, 6) is -2.69. The molecule has 0 amide bonds. The van der Waals surface area contributed by atoms with Gasteiger partial charge in [-0.3, -0.25) is 14.8 Å². The summed E-state index contributed by atoms with van der Waals surface area (Å²) in [6, 6.07) is 4.43. The lowest BCUT2D eigenvalue weighted by atomic mass is 10.3. The van der Waals surface area contributed by atoms with Gasteiger partial charge in [0.05, 0.1) is 15.5 Å². The first-order chi connectivity index (χ1) is 10.2. The van der Waals surface area contributed by atoms with E-state index >= 15 is 0 Å². The summed E-state index contributed by atoms with van der Waals surface area (Å²) in [4.78, 5) is 9.18. The Morgan fingerprint density at radius 2 is 1.68 bits per heavy atom. The highest BCUT2D eigenvalue weighted by Crippen LogP contribution is 2.29. The van der Waals surface area contributed by atoms with E-state index in [4.69, 9.17) is 0 Å². The molecule has 0 saturated heterocycles. The first-order valence-electron chi connectivity index (χ1n) is 5.65. The minimum absolute atomic E-state index is 0.381. The molecule has 2 aromatic carbocycles. The molecule has 0 aromatic heterocycles. The van der Waals surface area contributed by atoms with E-state index in [9.17, 15) is 32.4 Å². The number of anilines is 1. The van der Waals surface area contributed by atoms with Gasteiger partial charge >= 0.3 is 5.69 Å². The number of nitrogens with one attached hydrogen (secondary N) is 1. The predicted octanol–water partition coefficient (Wildman–Crippen LogP) is 2.38. The monoisotopic (exact) mass is 330 g/mol. The maximum absolute atomic E-state index is 13.0. The van der Waals surface area contributed by atoms with Gasteiger partial charge in [-0.1, -0.05) is 0 Å². The third-order valence-corrected chi connectivity index (χ3v) is 3.95. The van der Waals surface area contributed by atoms with Crippen LogP contribution in [-0.4, -0.2) is 18.4 Å². The molecule has 10 heteroatoms. The van der Waals surface area contributed by atoms with Crippen molar-refractivity contribution in [2.75, 3.05) is 4.72 Å². The Bertz CT molecular complexity index is 834. The van der Waals surface area contributed by atoms with Gasteiger partial charge in [0.25, 0.3) is 10.0 Å². The van der Waals surface area contributed by atoms with Crippen molar-refractivity contribution in [1.82, 2.24) is 0 Å². The summed E-state index contributed by atoms with van der Waals surface area (Å²) in [7, 11) is -4.32. The van der Waals surface area contributed by atoms with E-state index in [1.807, 2.05) is 4.72 Å². The lowest BCUT2D eigenvalue weighted by Gasteiger charge is -2.08. The first-order valence-corrected chi connectivity index (χ1v) is 7.14. The molecule has 0 aliphatic rings. The molecule has 0 unspecified atom stereocenters. The summed E-state index contributed by atoms with van der Waals surface area (Å²) in [6.07, 6.45) is 0. The minimum atomic E-state index is -4.32. The zero-order valence-electron chi connectivity index (χ0n) is 10.7. The number of nitro groups is 1. The SMILES string of the molecule is O=[N+]([O-])c1cc(S(=O)(=O)Nc2cc(F)cc(F)c2)ccc1O. The fraction of sp³-hybridized carbons (Fsp3) is 0. The highest BCUT2D eigenvalue weighted by Gasteiger charge is 2.21. The number of halogens is 2. The molecule has 0 spiro atoms. The fourth-order valence-electron chi connectivity index (χ4n) is 1.64. The molecule has 0 heterocycles. The second-order valence-corrected chi connectivity index (χ2v) is 5.85. The number of nitrogens with zero attached hydrogens (tertiary/aromatic N) is 1. The van der Waals surface area contributed by atoms with Crippen LogP contribution in [-0.2, 0) is 10.0 Å². The van der Waals surface area contributed by atoms with Crippen molar-refractivity contribution in [3.8, 4) is 5.75 Å². The number of hydrogen-bond donors (Lipinski definition) is 2. The molecule has 116 valence electrons. The number of sulfonamides is 1. The van der Waals surface area contributed by atoms with E-state index in [1.165, 1.54) is 0 Å². The van der Waals surface area contributed by atoms with Crippen LogP contribution in [0.1, 0.15) is 0 Å². The Morgan fingerprint density at radius 3 is 2.23 bits per heavy atom. The molecule has 0 saturated carbocycles. The number of nitro benzene ring substituents is 1. The summed E-state index contributed by atoms with van der Waals surface area (Å²) in [6.45, 7) is 0. The van der Waals surface area contributed by atoms with Crippen LogP contribution in [0.5, 0.6) is 5.75 Å². The van der Waals surface area contributed by atoms with Gasteiger partial charge in [0.2, 0.25) is 0 Å². The van der Waals surface area contributed by atoms with Gasteiger partial charge in [0.1, 0.15) is 11.6 Å². The molecule has 2 N–H and O–H groups in total. The van der Waals surface area contributed by atoms with Crippen LogP contribution in [0.25, 0.3) is 0 Å². The normalized spacial score (nSPS) is 11.2. The number of phenolic OH excluding ortho intramolecular Hbond substituents is 1. The lowest BCUT2D eigenvalue weighted by molar-refractivity contribution is -0.386. The van der Waals surface area contributed by atoms with Gasteiger partial charge < -0.3 is 5.11 Å². The largest absolute Gasteiger partial charge is 0.502 e. The second-order valence-electron chi connectivity index (χ2n) is 4.17. The average Bonchev–Trinajstić information content (AvgIpc) is 2.36. The van der Waals surface area contributed by atoms with Gasteiger partial charge in [0, 0.05) is 12.1 Å². The third kappa shape index (κ3) is 3.28. The third-order valence-electron chi connectivity index (χ3n) is 2.57. The van der Waals surface area contributed by atoms with Crippen LogP contribution in [0.4, 0.5) is 20.2 Å². The Hall–Kier alpha value is -2.75. The highest BCUT2D eigenvalue weighted by molar-refractivity contribution is 7.92. The summed E-state index contributed by atoms with van der Waals surface area (Å²) >= 11 is 0. The van der Waals surface area contributed by atoms with E-state index in [2.05, 4.69) is 0 Å². The van der Waals surface area contributed by atoms with E-state index in [0.717, 1.165) is 24.3 Å². The van der Waals surface area contributed by atoms with Gasteiger partial charge in [-0.15, -0.1) is 0 Å². The number of benzene rings is 2. The maximum atomic E-state index is 13.0. The van der Waals surface area contributed by atoms with Gasteiger partial charge in [0.15, 0.2) is 5.75 Å². The van der Waals surface area contributed by atoms with Gasteiger partial charge in [-0.05, 0) is 24.3 Å². The molecular weight excluding hydrogens is 322 g/mol. The molecule has 22 heavy (non-hydrogen) atoms. The number of aromatic hydroxyl groups is 1. The van der Waals surface area contributed by atoms with Crippen molar-refractivity contribution in [3.05, 3.63) is 58.1 Å². The topological polar surface area (TPSA) is 110 Å². The van der Waals surface area contributed by atoms with E-state index in [1.54, 1.807) is 0 Å². The van der Waals surface area contributed by atoms with Crippen molar-refractivity contribution in [3.63, 3.8) is 0 Å². The van der Waals surface area contributed by atoms with E-state index < -0.39 is 42.9 Å². The van der Waals surface area contributed by atoms with Gasteiger partial charge in [-0.2, -0.15) is 0 Å². The van der Waals surface area contributed by atoms with E-state index in [0.29, 0.717) is 12.1 Å². The smallest absolute Gasteiger partial charge is 0.312 e. The molecule has 2 aromatic rings.